The lowest BCUT2D eigenvalue weighted by molar-refractivity contribution is -0.116. The van der Waals surface area contributed by atoms with Gasteiger partial charge in [-0.1, -0.05) is 53.7 Å². The minimum Gasteiger partial charge on any atom is -0.377 e. The number of ether oxygens (including phenoxy) is 1. The standard InChI is InChI=1S/C24H24ClFN4O2S/c25-19-8-2-1-6-17(19)11-12-23(31)27-14-13-22-28-29-24(33-16-18-7-5-15-32-18)30(22)21-10-4-3-9-20(21)26/h1-4,6,8-12,18H,5,7,13-16H2,(H,27,31)/b12-11+. The zero-order chi connectivity index (χ0) is 23.0. The summed E-state index contributed by atoms with van der Waals surface area (Å²) in [5.74, 6) is 0.699. The summed E-state index contributed by atoms with van der Waals surface area (Å²) in [6, 6.07) is 13.8. The third kappa shape index (κ3) is 6.22. The van der Waals surface area contributed by atoms with E-state index >= 15 is 0 Å². The predicted molar refractivity (Wildman–Crippen MR) is 128 cm³/mol. The Morgan fingerprint density at radius 2 is 2.06 bits per heavy atom. The van der Waals surface area contributed by atoms with Gasteiger partial charge in [0.25, 0.3) is 0 Å². The van der Waals surface area contributed by atoms with Crippen LogP contribution in [-0.2, 0) is 16.0 Å². The first-order valence-electron chi connectivity index (χ1n) is 10.8. The van der Waals surface area contributed by atoms with Crippen LogP contribution in [0.2, 0.25) is 5.02 Å². The summed E-state index contributed by atoms with van der Waals surface area (Å²) in [5.41, 5.74) is 1.15. The molecule has 1 N–H and O–H groups in total. The van der Waals surface area contributed by atoms with Crippen LogP contribution in [0, 0.1) is 5.82 Å². The number of carbonyl (C=O) groups is 1. The van der Waals surface area contributed by atoms with E-state index in [1.165, 1.54) is 23.9 Å². The Bertz CT molecular complexity index is 1130. The van der Waals surface area contributed by atoms with Crippen LogP contribution in [0.25, 0.3) is 11.8 Å². The third-order valence-corrected chi connectivity index (χ3v) is 6.59. The van der Waals surface area contributed by atoms with Gasteiger partial charge >= 0.3 is 0 Å². The molecule has 1 saturated heterocycles. The molecule has 9 heteroatoms. The Morgan fingerprint density at radius 1 is 1.24 bits per heavy atom. The lowest BCUT2D eigenvalue weighted by Gasteiger charge is -2.13. The van der Waals surface area contributed by atoms with E-state index < -0.39 is 0 Å². The summed E-state index contributed by atoms with van der Waals surface area (Å²) >= 11 is 7.61. The second-order valence-corrected chi connectivity index (χ2v) is 8.92. The molecule has 2 aromatic carbocycles. The highest BCUT2D eigenvalue weighted by atomic mass is 35.5. The van der Waals surface area contributed by atoms with E-state index in [4.69, 9.17) is 16.3 Å². The monoisotopic (exact) mass is 486 g/mol. The molecule has 0 bridgehead atoms. The van der Waals surface area contributed by atoms with Gasteiger partial charge in [-0.3, -0.25) is 9.36 Å². The zero-order valence-corrected chi connectivity index (χ0v) is 19.5. The maximum atomic E-state index is 14.6. The van der Waals surface area contributed by atoms with Gasteiger partial charge in [-0.25, -0.2) is 4.39 Å². The Labute approximate surface area is 201 Å². The van der Waals surface area contributed by atoms with E-state index in [2.05, 4.69) is 15.5 Å². The second kappa shape index (κ2) is 11.4. The van der Waals surface area contributed by atoms with Crippen molar-refractivity contribution >= 4 is 35.3 Å². The fourth-order valence-corrected chi connectivity index (χ4v) is 4.73. The van der Waals surface area contributed by atoms with E-state index in [1.807, 2.05) is 18.2 Å². The Balaban J connectivity index is 1.42. The van der Waals surface area contributed by atoms with Crippen LogP contribution in [0.15, 0.2) is 59.8 Å². The molecule has 172 valence electrons. The minimum absolute atomic E-state index is 0.174. The first kappa shape index (κ1) is 23.5. The van der Waals surface area contributed by atoms with E-state index in [1.54, 1.807) is 34.9 Å². The average molecular weight is 487 g/mol. The SMILES string of the molecule is O=C(/C=C/c1ccccc1Cl)NCCc1nnc(SCC2CCCO2)n1-c1ccccc1F. The largest absolute Gasteiger partial charge is 0.377 e. The Kier molecular flexibility index (Phi) is 8.15. The van der Waals surface area contributed by atoms with Gasteiger partial charge in [-0.2, -0.15) is 0 Å². The highest BCUT2D eigenvalue weighted by Crippen LogP contribution is 2.27. The number of amides is 1. The van der Waals surface area contributed by atoms with E-state index in [9.17, 15) is 9.18 Å². The lowest BCUT2D eigenvalue weighted by atomic mass is 10.2. The van der Waals surface area contributed by atoms with Crippen LogP contribution in [-0.4, -0.2) is 45.7 Å². The summed E-state index contributed by atoms with van der Waals surface area (Å²) < 4.78 is 22.0. The van der Waals surface area contributed by atoms with Crippen molar-refractivity contribution in [2.45, 2.75) is 30.5 Å². The molecular weight excluding hydrogens is 463 g/mol. The number of hydrogen-bond acceptors (Lipinski definition) is 5. The fraction of sp³-hybridized carbons (Fsp3) is 0.292. The van der Waals surface area contributed by atoms with Crippen molar-refractivity contribution in [3.8, 4) is 5.69 Å². The molecule has 1 amide bonds. The molecule has 1 aliphatic heterocycles. The molecule has 1 aromatic heterocycles. The molecular formula is C24H24ClFN4O2S. The normalized spacial score (nSPS) is 15.9. The van der Waals surface area contributed by atoms with Crippen LogP contribution in [0.5, 0.6) is 0 Å². The van der Waals surface area contributed by atoms with Crippen LogP contribution in [0.1, 0.15) is 24.2 Å². The molecule has 4 rings (SSSR count). The van der Waals surface area contributed by atoms with Crippen LogP contribution in [0.3, 0.4) is 0 Å². The fourth-order valence-electron chi connectivity index (χ4n) is 3.51. The van der Waals surface area contributed by atoms with Gasteiger partial charge in [0.05, 0.1) is 11.8 Å². The van der Waals surface area contributed by atoms with Crippen LogP contribution < -0.4 is 5.32 Å². The first-order chi connectivity index (χ1) is 16.1. The Morgan fingerprint density at radius 3 is 2.85 bits per heavy atom. The van der Waals surface area contributed by atoms with Gasteiger partial charge in [0.15, 0.2) is 5.16 Å². The molecule has 6 nitrogen and oxygen atoms in total. The van der Waals surface area contributed by atoms with Crippen molar-refractivity contribution in [2.24, 2.45) is 0 Å². The predicted octanol–water partition coefficient (Wildman–Crippen LogP) is 4.70. The molecule has 33 heavy (non-hydrogen) atoms. The topological polar surface area (TPSA) is 69.0 Å². The molecule has 3 aromatic rings. The number of rotatable bonds is 9. The van der Waals surface area contributed by atoms with Gasteiger partial charge < -0.3 is 10.1 Å². The number of para-hydroxylation sites is 1. The van der Waals surface area contributed by atoms with Crippen molar-refractivity contribution in [3.63, 3.8) is 0 Å². The summed E-state index contributed by atoms with van der Waals surface area (Å²) in [6.07, 6.45) is 5.74. The number of thioether (sulfide) groups is 1. The number of hydrogen-bond donors (Lipinski definition) is 1. The highest BCUT2D eigenvalue weighted by Gasteiger charge is 2.21. The zero-order valence-electron chi connectivity index (χ0n) is 17.9. The molecule has 0 aliphatic carbocycles. The molecule has 0 spiro atoms. The van der Waals surface area contributed by atoms with Crippen LogP contribution in [0.4, 0.5) is 4.39 Å². The molecule has 1 aliphatic rings. The molecule has 0 saturated carbocycles. The smallest absolute Gasteiger partial charge is 0.244 e. The van der Waals surface area contributed by atoms with Crippen LogP contribution >= 0.6 is 23.4 Å². The third-order valence-electron chi connectivity index (χ3n) is 5.18. The number of nitrogens with one attached hydrogen (secondary N) is 1. The second-order valence-electron chi connectivity index (χ2n) is 7.53. The Hall–Kier alpha value is -2.68. The maximum absolute atomic E-state index is 14.6. The highest BCUT2D eigenvalue weighted by molar-refractivity contribution is 7.99. The number of carbonyl (C=O) groups excluding carboxylic acids is 1. The van der Waals surface area contributed by atoms with Crippen molar-refractivity contribution in [1.29, 1.82) is 0 Å². The molecule has 1 atom stereocenters. The number of nitrogens with zero attached hydrogens (tertiary/aromatic N) is 3. The van der Waals surface area contributed by atoms with Crippen molar-refractivity contribution in [2.75, 3.05) is 18.9 Å². The summed E-state index contributed by atoms with van der Waals surface area (Å²) in [4.78, 5) is 12.2. The summed E-state index contributed by atoms with van der Waals surface area (Å²) in [7, 11) is 0. The van der Waals surface area contributed by atoms with Crippen molar-refractivity contribution in [3.05, 3.63) is 76.8 Å². The summed E-state index contributed by atoms with van der Waals surface area (Å²) in [6.45, 7) is 1.11. The van der Waals surface area contributed by atoms with Gasteiger partial charge in [0.2, 0.25) is 5.91 Å². The lowest BCUT2D eigenvalue weighted by Crippen LogP contribution is -2.24. The van der Waals surface area contributed by atoms with Gasteiger partial charge in [0, 0.05) is 36.4 Å². The van der Waals surface area contributed by atoms with E-state index in [0.29, 0.717) is 34.7 Å². The molecule has 1 unspecified atom stereocenters. The van der Waals surface area contributed by atoms with Gasteiger partial charge in [-0.15, -0.1) is 10.2 Å². The summed E-state index contributed by atoms with van der Waals surface area (Å²) in [5, 5.41) is 12.6. The average Bonchev–Trinajstić information content (AvgIpc) is 3.47. The number of aromatic nitrogens is 3. The van der Waals surface area contributed by atoms with E-state index in [-0.39, 0.29) is 17.8 Å². The van der Waals surface area contributed by atoms with E-state index in [0.717, 1.165) is 30.8 Å². The van der Waals surface area contributed by atoms with Crippen molar-refractivity contribution in [1.82, 2.24) is 20.1 Å². The molecule has 0 radical (unpaired) electrons. The van der Waals surface area contributed by atoms with Gasteiger partial charge in [0.1, 0.15) is 11.6 Å². The molecule has 1 fully saturated rings. The number of benzene rings is 2. The van der Waals surface area contributed by atoms with Crippen molar-refractivity contribution < 1.29 is 13.9 Å². The van der Waals surface area contributed by atoms with Gasteiger partial charge in [-0.05, 0) is 42.7 Å². The minimum atomic E-state index is -0.357. The molecule has 2 heterocycles. The quantitative estimate of drug-likeness (QED) is 0.350. The first-order valence-corrected chi connectivity index (χ1v) is 12.1. The maximum Gasteiger partial charge on any atom is 0.244 e. The number of halogens is 2.